The quantitative estimate of drug-likeness (QED) is 0.674. The van der Waals surface area contributed by atoms with Crippen LogP contribution in [0.3, 0.4) is 0 Å². The lowest BCUT2D eigenvalue weighted by atomic mass is 10.1. The molecular formula is C19H25BrN4. The molecule has 1 aliphatic rings. The number of para-hydroxylation sites is 2. The SMILES string of the molecule is CCCCCCC1=NN(c2ccccc2)N[NH+]1c1ccccc1.[Br-]. The van der Waals surface area contributed by atoms with Crippen LogP contribution in [0.2, 0.25) is 0 Å². The van der Waals surface area contributed by atoms with Crippen molar-refractivity contribution in [3.8, 4) is 0 Å². The summed E-state index contributed by atoms with van der Waals surface area (Å²) in [4.78, 5) is 0. The molecule has 1 heterocycles. The van der Waals surface area contributed by atoms with Crippen LogP contribution in [0.1, 0.15) is 39.0 Å². The van der Waals surface area contributed by atoms with Gasteiger partial charge >= 0.3 is 0 Å². The highest BCUT2D eigenvalue weighted by atomic mass is 79.9. The maximum Gasteiger partial charge on any atom is 0.246 e. The lowest BCUT2D eigenvalue weighted by Crippen LogP contribution is -3.15. The van der Waals surface area contributed by atoms with Gasteiger partial charge in [-0.2, -0.15) is 5.01 Å². The van der Waals surface area contributed by atoms with E-state index in [0.717, 1.165) is 23.0 Å². The standard InChI is InChI=1S/C19H24N4.BrH/c1-2-3-4-11-16-19-20-23(18-14-9-6-10-15-18)21-22(19)17-12-7-5-8-13-17;/h5-10,12-15,21H,2-4,11,16H2,1H3;1H. The van der Waals surface area contributed by atoms with Gasteiger partial charge < -0.3 is 17.0 Å². The Morgan fingerprint density at radius 1 is 0.917 bits per heavy atom. The number of hydrogen-bond donors (Lipinski definition) is 2. The van der Waals surface area contributed by atoms with Crippen molar-refractivity contribution >= 4 is 17.2 Å². The fourth-order valence-electron chi connectivity index (χ4n) is 2.79. The second-order valence-electron chi connectivity index (χ2n) is 5.86. The summed E-state index contributed by atoms with van der Waals surface area (Å²) in [7, 11) is 0. The molecule has 0 fully saturated rings. The summed E-state index contributed by atoms with van der Waals surface area (Å²) in [5, 5.41) is 7.83. The zero-order valence-corrected chi connectivity index (χ0v) is 15.7. The number of hydrazine groups is 1. The van der Waals surface area contributed by atoms with Crippen LogP contribution in [-0.4, -0.2) is 5.84 Å². The molecule has 0 saturated carbocycles. The Labute approximate surface area is 154 Å². The van der Waals surface area contributed by atoms with Crippen LogP contribution in [0.15, 0.2) is 65.8 Å². The van der Waals surface area contributed by atoms with Gasteiger partial charge in [0.1, 0.15) is 0 Å². The molecule has 1 unspecified atom stereocenters. The Hall–Kier alpha value is -1.69. The van der Waals surface area contributed by atoms with E-state index < -0.39 is 0 Å². The fourth-order valence-corrected chi connectivity index (χ4v) is 2.79. The summed E-state index contributed by atoms with van der Waals surface area (Å²) >= 11 is 0. The second-order valence-corrected chi connectivity index (χ2v) is 5.86. The minimum Gasteiger partial charge on any atom is -1.00 e. The van der Waals surface area contributed by atoms with Crippen LogP contribution in [0.4, 0.5) is 11.4 Å². The summed E-state index contributed by atoms with van der Waals surface area (Å²) in [6.45, 7) is 2.24. The van der Waals surface area contributed by atoms with Gasteiger partial charge in [-0.15, -0.1) is 5.12 Å². The number of rotatable bonds is 7. The first kappa shape index (κ1) is 18.6. The molecule has 0 spiro atoms. The Kier molecular flexibility index (Phi) is 7.43. The van der Waals surface area contributed by atoms with Crippen molar-refractivity contribution in [2.45, 2.75) is 39.0 Å². The highest BCUT2D eigenvalue weighted by Gasteiger charge is 2.30. The van der Waals surface area contributed by atoms with Crippen molar-refractivity contribution in [3.63, 3.8) is 0 Å². The van der Waals surface area contributed by atoms with Gasteiger partial charge in [0.15, 0.2) is 5.69 Å². The Morgan fingerprint density at radius 3 is 2.25 bits per heavy atom. The van der Waals surface area contributed by atoms with E-state index in [9.17, 15) is 0 Å². The minimum absolute atomic E-state index is 0. The van der Waals surface area contributed by atoms with E-state index in [2.05, 4.69) is 48.9 Å². The van der Waals surface area contributed by atoms with Gasteiger partial charge in [0.2, 0.25) is 5.84 Å². The van der Waals surface area contributed by atoms with E-state index in [-0.39, 0.29) is 17.0 Å². The van der Waals surface area contributed by atoms with E-state index in [1.165, 1.54) is 31.4 Å². The number of quaternary nitrogens is 1. The molecule has 0 aliphatic carbocycles. The Morgan fingerprint density at radius 2 is 1.58 bits per heavy atom. The van der Waals surface area contributed by atoms with Crippen molar-refractivity contribution in [3.05, 3.63) is 60.7 Å². The fraction of sp³-hybridized carbons (Fsp3) is 0.316. The van der Waals surface area contributed by atoms with Crippen molar-refractivity contribution in [2.24, 2.45) is 5.10 Å². The van der Waals surface area contributed by atoms with E-state index in [1.807, 2.05) is 29.4 Å². The van der Waals surface area contributed by atoms with Crippen molar-refractivity contribution in [1.29, 1.82) is 0 Å². The highest BCUT2D eigenvalue weighted by Crippen LogP contribution is 2.14. The minimum atomic E-state index is 0. The summed E-state index contributed by atoms with van der Waals surface area (Å²) in [5.74, 6) is 1.15. The maximum atomic E-state index is 4.82. The van der Waals surface area contributed by atoms with Crippen LogP contribution in [0, 0.1) is 0 Å². The van der Waals surface area contributed by atoms with Gasteiger partial charge in [0, 0.05) is 18.6 Å². The van der Waals surface area contributed by atoms with E-state index >= 15 is 0 Å². The molecule has 4 nitrogen and oxygen atoms in total. The molecule has 128 valence electrons. The van der Waals surface area contributed by atoms with Gasteiger partial charge in [-0.1, -0.05) is 67.7 Å². The molecule has 0 amide bonds. The molecule has 1 aliphatic heterocycles. The summed E-state index contributed by atoms with van der Waals surface area (Å²) in [6.07, 6.45) is 6.02. The first-order valence-corrected chi connectivity index (χ1v) is 8.50. The van der Waals surface area contributed by atoms with E-state index in [0.29, 0.717) is 0 Å². The third-order valence-corrected chi connectivity index (χ3v) is 4.06. The number of nitrogens with one attached hydrogen (secondary N) is 2. The predicted octanol–water partition coefficient (Wildman–Crippen LogP) is 0.431. The maximum absolute atomic E-state index is 4.82. The van der Waals surface area contributed by atoms with E-state index in [1.54, 1.807) is 0 Å². The number of unbranched alkanes of at least 4 members (excludes halogenated alkanes) is 3. The number of halogens is 1. The zero-order chi connectivity index (χ0) is 15.9. The highest BCUT2D eigenvalue weighted by molar-refractivity contribution is 5.78. The second kappa shape index (κ2) is 9.57. The lowest BCUT2D eigenvalue weighted by molar-refractivity contribution is -0.781. The predicted molar refractivity (Wildman–Crippen MR) is 95.3 cm³/mol. The average molecular weight is 389 g/mol. The molecular weight excluding hydrogens is 364 g/mol. The van der Waals surface area contributed by atoms with E-state index in [4.69, 9.17) is 5.10 Å². The first-order chi connectivity index (χ1) is 11.4. The topological polar surface area (TPSA) is 32.1 Å². The van der Waals surface area contributed by atoms with Crippen LogP contribution >= 0.6 is 0 Å². The number of benzene rings is 2. The normalized spacial score (nSPS) is 16.6. The lowest BCUT2D eigenvalue weighted by Gasteiger charge is -2.16. The molecule has 24 heavy (non-hydrogen) atoms. The average Bonchev–Trinajstić information content (AvgIpc) is 3.04. The third kappa shape index (κ3) is 4.66. The Balaban J connectivity index is 0.00000208. The number of amidine groups is 1. The van der Waals surface area contributed by atoms with Gasteiger partial charge in [0.25, 0.3) is 0 Å². The molecule has 3 rings (SSSR count). The first-order valence-electron chi connectivity index (χ1n) is 8.50. The molecule has 0 radical (unpaired) electrons. The molecule has 0 aromatic heterocycles. The summed E-state index contributed by atoms with van der Waals surface area (Å²) < 4.78 is 0. The number of nitrogens with zero attached hydrogens (tertiary/aromatic N) is 2. The number of hydrazone groups is 1. The Bertz CT molecular complexity index is 630. The van der Waals surface area contributed by atoms with Crippen molar-refractivity contribution < 1.29 is 22.0 Å². The van der Waals surface area contributed by atoms with Crippen LogP contribution in [0.25, 0.3) is 0 Å². The van der Waals surface area contributed by atoms with Crippen LogP contribution in [0.5, 0.6) is 0 Å². The van der Waals surface area contributed by atoms with Crippen LogP contribution < -0.4 is 32.6 Å². The molecule has 2 aromatic carbocycles. The van der Waals surface area contributed by atoms with Gasteiger partial charge in [0.05, 0.1) is 5.69 Å². The molecule has 0 saturated heterocycles. The molecule has 2 aromatic rings. The molecule has 5 heteroatoms. The number of hydrogen-bond acceptors (Lipinski definition) is 3. The number of anilines is 1. The van der Waals surface area contributed by atoms with Gasteiger partial charge in [-0.05, 0) is 24.1 Å². The van der Waals surface area contributed by atoms with Gasteiger partial charge in [-0.3, -0.25) is 0 Å². The third-order valence-electron chi connectivity index (χ3n) is 4.06. The van der Waals surface area contributed by atoms with Gasteiger partial charge in [-0.25, -0.2) is 0 Å². The largest absolute Gasteiger partial charge is 1.00 e. The van der Waals surface area contributed by atoms with Crippen LogP contribution in [-0.2, 0) is 0 Å². The summed E-state index contributed by atoms with van der Waals surface area (Å²) in [6, 6.07) is 20.7. The van der Waals surface area contributed by atoms with Crippen molar-refractivity contribution in [2.75, 3.05) is 5.12 Å². The molecule has 1 atom stereocenters. The zero-order valence-electron chi connectivity index (χ0n) is 14.1. The van der Waals surface area contributed by atoms with Crippen molar-refractivity contribution in [1.82, 2.24) is 5.53 Å². The smallest absolute Gasteiger partial charge is 0.246 e. The molecule has 0 bridgehead atoms. The monoisotopic (exact) mass is 388 g/mol. The molecule has 2 N–H and O–H groups in total. The summed E-state index contributed by atoms with van der Waals surface area (Å²) in [5.41, 5.74) is 5.72.